The van der Waals surface area contributed by atoms with Crippen molar-refractivity contribution >= 4 is 0 Å². The van der Waals surface area contributed by atoms with E-state index in [1.165, 1.54) is 38.5 Å². The van der Waals surface area contributed by atoms with Crippen LogP contribution < -0.4 is 0 Å². The molecule has 25 heavy (non-hydrogen) atoms. The van der Waals surface area contributed by atoms with E-state index in [1.54, 1.807) is 0 Å². The zero-order valence-corrected chi connectivity index (χ0v) is 15.5. The maximum absolute atomic E-state index is 4.96. The minimum absolute atomic E-state index is 0.653. The summed E-state index contributed by atoms with van der Waals surface area (Å²) in [6.07, 6.45) is 15.7. The molecule has 0 heterocycles. The van der Waals surface area contributed by atoms with Crippen molar-refractivity contribution in [2.45, 2.75) is 44.9 Å². The molecule has 0 fully saturated rings. The number of terminal acetylenes is 1. The normalized spacial score (nSPS) is 8.20. The summed E-state index contributed by atoms with van der Waals surface area (Å²) in [7, 11) is 4.19. The highest BCUT2D eigenvalue weighted by Gasteiger charge is 2.10. The maximum atomic E-state index is 4.96. The van der Waals surface area contributed by atoms with Gasteiger partial charge in [0.15, 0.2) is 6.04 Å². The predicted molar refractivity (Wildman–Crippen MR) is 107 cm³/mol. The molecule has 0 saturated heterocycles. The van der Waals surface area contributed by atoms with E-state index in [2.05, 4.69) is 85.9 Å². The Hall–Kier alpha value is -2.94. The van der Waals surface area contributed by atoms with Crippen LogP contribution in [0.15, 0.2) is 12.7 Å². The third kappa shape index (κ3) is 17.2. The van der Waals surface area contributed by atoms with Crippen LogP contribution in [0.25, 0.3) is 0 Å². The minimum Gasteiger partial charge on any atom is -0.250 e. The van der Waals surface area contributed by atoms with Crippen LogP contribution in [0.1, 0.15) is 44.9 Å². The average molecular weight is 328 g/mol. The molecular formula is C24H26N+. The second kappa shape index (κ2) is 15.9. The second-order valence-electron chi connectivity index (χ2n) is 5.99. The summed E-state index contributed by atoms with van der Waals surface area (Å²) in [6, 6.07) is 3.15. The molecule has 0 amide bonds. The smallest absolute Gasteiger partial charge is 0.151 e. The highest BCUT2D eigenvalue weighted by molar-refractivity contribution is 5.43. The number of hydrogen-bond donors (Lipinski definition) is 0. The number of allylic oxidation sites excluding steroid dienone is 1. The molecule has 0 aromatic carbocycles. The Morgan fingerprint density at radius 1 is 0.720 bits per heavy atom. The first-order valence-electron chi connectivity index (χ1n) is 8.54. The summed E-state index contributed by atoms with van der Waals surface area (Å²) in [4.78, 5) is 0. The fourth-order valence-electron chi connectivity index (χ4n) is 1.99. The molecule has 0 aliphatic heterocycles. The largest absolute Gasteiger partial charge is 0.250 e. The number of rotatable bonds is 9. The summed E-state index contributed by atoms with van der Waals surface area (Å²) in [6.45, 7) is 4.78. The van der Waals surface area contributed by atoms with Gasteiger partial charge in [0.25, 0.3) is 0 Å². The first-order chi connectivity index (χ1) is 12.1. The zero-order valence-electron chi connectivity index (χ0n) is 15.5. The van der Waals surface area contributed by atoms with Crippen molar-refractivity contribution in [2.75, 3.05) is 20.6 Å². The topological polar surface area (TPSA) is 0 Å². The van der Waals surface area contributed by atoms with E-state index >= 15 is 0 Å². The third-order valence-electron chi connectivity index (χ3n) is 3.31. The summed E-state index contributed by atoms with van der Waals surface area (Å²) < 4.78 is 0.653. The fourth-order valence-corrected chi connectivity index (χ4v) is 1.99. The minimum atomic E-state index is 0.653. The molecule has 1 nitrogen and oxygen atoms in total. The van der Waals surface area contributed by atoms with Crippen LogP contribution in [0.4, 0.5) is 0 Å². The summed E-state index contributed by atoms with van der Waals surface area (Å²) in [5.41, 5.74) is 0. The quantitative estimate of drug-likeness (QED) is 0.263. The fraction of sp³-hybridized carbons (Fsp3) is 0.417. The summed E-state index contributed by atoms with van der Waals surface area (Å²) in [5, 5.41) is 0. The molecule has 1 heteroatoms. The average Bonchev–Trinajstić information content (AvgIpc) is 2.59. The first-order valence-corrected chi connectivity index (χ1v) is 8.54. The van der Waals surface area contributed by atoms with Crippen molar-refractivity contribution in [1.29, 1.82) is 0 Å². The van der Waals surface area contributed by atoms with Gasteiger partial charge in [0, 0.05) is 23.7 Å². The Kier molecular flexibility index (Phi) is 14.1. The van der Waals surface area contributed by atoms with E-state index in [1.807, 2.05) is 6.08 Å². The van der Waals surface area contributed by atoms with Gasteiger partial charge in [0.05, 0.1) is 26.6 Å². The highest BCUT2D eigenvalue weighted by atomic mass is 15.3. The van der Waals surface area contributed by atoms with E-state index in [0.29, 0.717) is 4.48 Å². The van der Waals surface area contributed by atoms with Crippen molar-refractivity contribution in [3.8, 4) is 71.7 Å². The van der Waals surface area contributed by atoms with Crippen molar-refractivity contribution in [3.05, 3.63) is 12.7 Å². The third-order valence-corrected chi connectivity index (χ3v) is 3.31. The van der Waals surface area contributed by atoms with Gasteiger partial charge in [-0.05, 0) is 55.3 Å². The lowest BCUT2D eigenvalue weighted by Gasteiger charge is -2.20. The van der Waals surface area contributed by atoms with E-state index in [0.717, 1.165) is 13.0 Å². The molecule has 0 aliphatic rings. The number of hydrogen-bond acceptors (Lipinski definition) is 0. The number of unbranched alkanes of at least 4 members (excludes halogenated alkanes) is 6. The summed E-state index contributed by atoms with van der Waals surface area (Å²) in [5.74, 6) is 25.5. The molecule has 0 bridgehead atoms. The molecule has 0 aliphatic carbocycles. The van der Waals surface area contributed by atoms with Gasteiger partial charge in [-0.1, -0.05) is 25.3 Å². The molecular weight excluding hydrogens is 302 g/mol. The van der Waals surface area contributed by atoms with E-state index in [9.17, 15) is 0 Å². The molecule has 0 aromatic rings. The molecule has 0 rings (SSSR count). The van der Waals surface area contributed by atoms with Gasteiger partial charge in [-0.25, -0.2) is 0 Å². The van der Waals surface area contributed by atoms with Crippen LogP contribution in [0.5, 0.6) is 0 Å². The summed E-state index contributed by atoms with van der Waals surface area (Å²) >= 11 is 0. The van der Waals surface area contributed by atoms with Crippen molar-refractivity contribution < 1.29 is 4.48 Å². The van der Waals surface area contributed by atoms with E-state index in [4.69, 9.17) is 6.42 Å². The van der Waals surface area contributed by atoms with Gasteiger partial charge in [-0.15, -0.1) is 13.0 Å². The maximum Gasteiger partial charge on any atom is 0.151 e. The lowest BCUT2D eigenvalue weighted by molar-refractivity contribution is -0.822. The zero-order chi connectivity index (χ0) is 18.6. The molecule has 0 unspecified atom stereocenters. The first kappa shape index (κ1) is 22.1. The van der Waals surface area contributed by atoms with Crippen LogP contribution in [-0.2, 0) is 0 Å². The van der Waals surface area contributed by atoms with Crippen molar-refractivity contribution in [1.82, 2.24) is 0 Å². The van der Waals surface area contributed by atoms with Crippen LogP contribution in [0, 0.1) is 71.7 Å². The highest BCUT2D eigenvalue weighted by Crippen LogP contribution is 2.09. The van der Waals surface area contributed by atoms with Crippen LogP contribution in [0.3, 0.4) is 0 Å². The Morgan fingerprint density at radius 3 is 1.76 bits per heavy atom. The Morgan fingerprint density at radius 2 is 1.20 bits per heavy atom. The molecule has 0 atom stereocenters. The van der Waals surface area contributed by atoms with Crippen LogP contribution in [0.2, 0.25) is 0 Å². The van der Waals surface area contributed by atoms with Gasteiger partial charge in [-0.2, -0.15) is 0 Å². The monoisotopic (exact) mass is 328 g/mol. The molecule has 126 valence electrons. The predicted octanol–water partition coefficient (Wildman–Crippen LogP) is 3.59. The van der Waals surface area contributed by atoms with Crippen LogP contribution in [-0.4, -0.2) is 25.1 Å². The van der Waals surface area contributed by atoms with Gasteiger partial charge in [0.1, 0.15) is 0 Å². The van der Waals surface area contributed by atoms with Gasteiger partial charge in [-0.3, -0.25) is 4.48 Å². The van der Waals surface area contributed by atoms with Gasteiger partial charge in [0.2, 0.25) is 0 Å². The van der Waals surface area contributed by atoms with E-state index < -0.39 is 0 Å². The number of quaternary nitrogens is 1. The molecule has 0 aromatic heterocycles. The SMILES string of the molecule is C#CC#CC#CC#CC#CC#C[N+](C)(C)CCCCCCCCC=C. The molecule has 0 radical (unpaired) electrons. The van der Waals surface area contributed by atoms with Crippen molar-refractivity contribution in [3.63, 3.8) is 0 Å². The Labute approximate surface area is 154 Å². The number of nitrogens with zero attached hydrogens (tertiary/aromatic N) is 1. The van der Waals surface area contributed by atoms with Gasteiger partial charge < -0.3 is 0 Å². The Bertz CT molecular complexity index is 747. The lowest BCUT2D eigenvalue weighted by Crippen LogP contribution is -2.34. The Balaban J connectivity index is 4.05. The van der Waals surface area contributed by atoms with Crippen molar-refractivity contribution in [2.24, 2.45) is 0 Å². The van der Waals surface area contributed by atoms with Gasteiger partial charge >= 0.3 is 0 Å². The van der Waals surface area contributed by atoms with Crippen LogP contribution >= 0.6 is 0 Å². The molecule has 0 spiro atoms. The molecule has 0 saturated carbocycles. The molecule has 0 N–H and O–H groups in total. The standard InChI is InChI=1S/C24H26N/c1-5-7-9-11-13-15-16-18-20-22-24-25(3,4)23-21-19-17-14-12-10-8-6-2/h1,6H,2,8,10,12,14,17,19,21,23H2,3-4H3/q+1. The lowest BCUT2D eigenvalue weighted by atomic mass is 10.1. The second-order valence-corrected chi connectivity index (χ2v) is 5.99. The van der Waals surface area contributed by atoms with E-state index in [-0.39, 0.29) is 0 Å².